The first-order chi connectivity index (χ1) is 16.4. The summed E-state index contributed by atoms with van der Waals surface area (Å²) in [5.41, 5.74) is 2.09. The predicted octanol–water partition coefficient (Wildman–Crippen LogP) is 5.42. The Hall–Kier alpha value is -4.11. The van der Waals surface area contributed by atoms with Gasteiger partial charge in [-0.2, -0.15) is 0 Å². The maximum absolute atomic E-state index is 12.9. The fourth-order valence-corrected chi connectivity index (χ4v) is 4.21. The summed E-state index contributed by atoms with van der Waals surface area (Å²) in [5.74, 6) is 0.604. The number of hydrogen-bond donors (Lipinski definition) is 0. The number of benzene rings is 3. The number of rotatable bonds is 8. The van der Waals surface area contributed by atoms with E-state index in [1.165, 1.54) is 25.3 Å². The normalized spacial score (nSPS) is 14.5. The van der Waals surface area contributed by atoms with E-state index in [9.17, 15) is 19.7 Å². The SMILES string of the molecule is COc1cc(C=C2SC(=O)N(Cc3cccc([N+](=O)[O-])c3)C2=O)ccc1OCc1ccccc1. The van der Waals surface area contributed by atoms with Gasteiger partial charge >= 0.3 is 0 Å². The van der Waals surface area contributed by atoms with Crippen molar-refractivity contribution in [2.75, 3.05) is 7.11 Å². The molecule has 172 valence electrons. The highest BCUT2D eigenvalue weighted by molar-refractivity contribution is 8.18. The van der Waals surface area contributed by atoms with Crippen LogP contribution in [0, 0.1) is 10.1 Å². The number of carbonyl (C=O) groups excluding carboxylic acids is 2. The van der Waals surface area contributed by atoms with E-state index in [4.69, 9.17) is 9.47 Å². The van der Waals surface area contributed by atoms with E-state index in [1.807, 2.05) is 30.3 Å². The van der Waals surface area contributed by atoms with Crippen molar-refractivity contribution >= 4 is 34.7 Å². The Morgan fingerprint density at radius 1 is 0.971 bits per heavy atom. The molecular weight excluding hydrogens is 456 g/mol. The molecule has 1 aliphatic heterocycles. The molecule has 4 rings (SSSR count). The lowest BCUT2D eigenvalue weighted by atomic mass is 10.1. The summed E-state index contributed by atoms with van der Waals surface area (Å²) in [6.07, 6.45) is 1.61. The average Bonchev–Trinajstić information content (AvgIpc) is 3.11. The number of ether oxygens (including phenoxy) is 2. The Kier molecular flexibility index (Phi) is 6.93. The van der Waals surface area contributed by atoms with Crippen molar-refractivity contribution < 1.29 is 24.0 Å². The Morgan fingerprint density at radius 3 is 2.47 bits per heavy atom. The van der Waals surface area contributed by atoms with Crippen molar-refractivity contribution in [3.63, 3.8) is 0 Å². The number of thioether (sulfide) groups is 1. The number of nitro groups is 1. The molecule has 1 heterocycles. The van der Waals surface area contributed by atoms with Gasteiger partial charge < -0.3 is 9.47 Å². The topological polar surface area (TPSA) is 99.0 Å². The molecular formula is C25H20N2O6S. The second-order valence-corrected chi connectivity index (χ2v) is 8.37. The van der Waals surface area contributed by atoms with Crippen LogP contribution in [-0.2, 0) is 17.9 Å². The highest BCUT2D eigenvalue weighted by Gasteiger charge is 2.35. The molecule has 0 spiro atoms. The Morgan fingerprint density at radius 2 is 1.74 bits per heavy atom. The van der Waals surface area contributed by atoms with E-state index in [0.29, 0.717) is 29.2 Å². The zero-order valence-corrected chi connectivity index (χ0v) is 19.0. The third-order valence-corrected chi connectivity index (χ3v) is 5.97. The Labute approximate surface area is 199 Å². The van der Waals surface area contributed by atoms with Gasteiger partial charge in [0.15, 0.2) is 11.5 Å². The van der Waals surface area contributed by atoms with Crippen molar-refractivity contribution in [3.8, 4) is 11.5 Å². The molecule has 1 saturated heterocycles. The van der Waals surface area contributed by atoms with Crippen molar-refractivity contribution in [3.05, 3.63) is 105 Å². The molecule has 0 aromatic heterocycles. The van der Waals surface area contributed by atoms with Crippen LogP contribution < -0.4 is 9.47 Å². The van der Waals surface area contributed by atoms with E-state index in [2.05, 4.69) is 0 Å². The first-order valence-corrected chi connectivity index (χ1v) is 11.1. The van der Waals surface area contributed by atoms with Crippen molar-refractivity contribution in [2.24, 2.45) is 0 Å². The molecule has 34 heavy (non-hydrogen) atoms. The molecule has 3 aromatic carbocycles. The van der Waals surface area contributed by atoms with Gasteiger partial charge in [-0.3, -0.25) is 24.6 Å². The standard InChI is InChI=1S/C25H20N2O6S/c1-32-22-13-18(10-11-21(22)33-16-17-6-3-2-4-7-17)14-23-24(28)26(25(29)34-23)15-19-8-5-9-20(12-19)27(30)31/h2-14H,15-16H2,1H3. The number of methoxy groups -OCH3 is 1. The summed E-state index contributed by atoms with van der Waals surface area (Å²) in [6.45, 7) is 0.340. The highest BCUT2D eigenvalue weighted by atomic mass is 32.2. The fourth-order valence-electron chi connectivity index (χ4n) is 3.37. The largest absolute Gasteiger partial charge is 0.493 e. The van der Waals surface area contributed by atoms with Gasteiger partial charge in [0.1, 0.15) is 6.61 Å². The van der Waals surface area contributed by atoms with Crippen LogP contribution in [-0.4, -0.2) is 28.1 Å². The van der Waals surface area contributed by atoms with Crippen LogP contribution in [0.15, 0.2) is 77.7 Å². The third kappa shape index (κ3) is 5.26. The molecule has 1 fully saturated rings. The molecule has 0 aliphatic carbocycles. The second kappa shape index (κ2) is 10.2. The number of nitrogens with zero attached hydrogens (tertiary/aromatic N) is 2. The van der Waals surface area contributed by atoms with Gasteiger partial charge in [-0.15, -0.1) is 0 Å². The number of imide groups is 1. The van der Waals surface area contributed by atoms with Gasteiger partial charge in [0.2, 0.25) is 0 Å². The lowest BCUT2D eigenvalue weighted by molar-refractivity contribution is -0.384. The van der Waals surface area contributed by atoms with Crippen LogP contribution in [0.1, 0.15) is 16.7 Å². The first kappa shape index (κ1) is 23.1. The summed E-state index contributed by atoms with van der Waals surface area (Å²) in [6, 6.07) is 20.9. The predicted molar refractivity (Wildman–Crippen MR) is 128 cm³/mol. The van der Waals surface area contributed by atoms with Crippen LogP contribution in [0.2, 0.25) is 0 Å². The monoisotopic (exact) mass is 476 g/mol. The van der Waals surface area contributed by atoms with Gasteiger partial charge in [-0.05, 0) is 46.7 Å². The lowest BCUT2D eigenvalue weighted by Gasteiger charge is -2.12. The van der Waals surface area contributed by atoms with Crippen LogP contribution >= 0.6 is 11.8 Å². The molecule has 1 aliphatic rings. The van der Waals surface area contributed by atoms with E-state index in [1.54, 1.807) is 30.3 Å². The molecule has 0 N–H and O–H groups in total. The van der Waals surface area contributed by atoms with E-state index < -0.39 is 16.1 Å². The van der Waals surface area contributed by atoms with Crippen molar-refractivity contribution in [2.45, 2.75) is 13.2 Å². The summed E-state index contributed by atoms with van der Waals surface area (Å²) in [5, 5.41) is 10.6. The fraction of sp³-hybridized carbons (Fsp3) is 0.120. The lowest BCUT2D eigenvalue weighted by Crippen LogP contribution is -2.27. The average molecular weight is 477 g/mol. The molecule has 0 unspecified atom stereocenters. The maximum atomic E-state index is 12.9. The summed E-state index contributed by atoms with van der Waals surface area (Å²) in [7, 11) is 1.53. The van der Waals surface area contributed by atoms with Crippen molar-refractivity contribution in [1.29, 1.82) is 0 Å². The van der Waals surface area contributed by atoms with Gasteiger partial charge in [-0.1, -0.05) is 48.5 Å². The highest BCUT2D eigenvalue weighted by Crippen LogP contribution is 2.35. The molecule has 0 atom stereocenters. The van der Waals surface area contributed by atoms with Crippen LogP contribution in [0.3, 0.4) is 0 Å². The minimum atomic E-state index is -0.516. The number of nitro benzene ring substituents is 1. The summed E-state index contributed by atoms with van der Waals surface area (Å²) < 4.78 is 11.3. The third-order valence-electron chi connectivity index (χ3n) is 5.06. The zero-order chi connectivity index (χ0) is 24.1. The number of hydrogen-bond acceptors (Lipinski definition) is 7. The van der Waals surface area contributed by atoms with Crippen LogP contribution in [0.25, 0.3) is 6.08 Å². The van der Waals surface area contributed by atoms with Crippen molar-refractivity contribution in [1.82, 2.24) is 4.90 Å². The van der Waals surface area contributed by atoms with Gasteiger partial charge in [0.05, 0.1) is 23.5 Å². The van der Waals surface area contributed by atoms with E-state index >= 15 is 0 Å². The minimum Gasteiger partial charge on any atom is -0.493 e. The van der Waals surface area contributed by atoms with Gasteiger partial charge in [-0.25, -0.2) is 0 Å². The number of amides is 2. The quantitative estimate of drug-likeness (QED) is 0.243. The van der Waals surface area contributed by atoms with Crippen LogP contribution in [0.4, 0.5) is 10.5 Å². The molecule has 8 nitrogen and oxygen atoms in total. The van der Waals surface area contributed by atoms with E-state index in [-0.39, 0.29) is 17.1 Å². The summed E-state index contributed by atoms with van der Waals surface area (Å²) in [4.78, 5) is 37.1. The molecule has 2 amide bonds. The molecule has 0 bridgehead atoms. The zero-order valence-electron chi connectivity index (χ0n) is 18.2. The van der Waals surface area contributed by atoms with Gasteiger partial charge in [0.25, 0.3) is 16.8 Å². The Bertz CT molecular complexity index is 1280. The van der Waals surface area contributed by atoms with Gasteiger partial charge in [0, 0.05) is 12.1 Å². The number of non-ortho nitro benzene ring substituents is 1. The first-order valence-electron chi connectivity index (χ1n) is 10.3. The minimum absolute atomic E-state index is 0.0424. The molecule has 9 heteroatoms. The summed E-state index contributed by atoms with van der Waals surface area (Å²) >= 11 is 0.824. The molecule has 3 aromatic rings. The maximum Gasteiger partial charge on any atom is 0.293 e. The van der Waals surface area contributed by atoms with Crippen LogP contribution in [0.5, 0.6) is 11.5 Å². The second-order valence-electron chi connectivity index (χ2n) is 7.38. The van der Waals surface area contributed by atoms with E-state index in [0.717, 1.165) is 22.2 Å². The smallest absolute Gasteiger partial charge is 0.293 e. The molecule has 0 radical (unpaired) electrons. The molecule has 0 saturated carbocycles. The Balaban J connectivity index is 1.49. The number of carbonyl (C=O) groups is 2.